The van der Waals surface area contributed by atoms with Gasteiger partial charge in [0.1, 0.15) is 13.2 Å². The molecule has 458 valence electrons. The predicted molar refractivity (Wildman–Crippen MR) is 352 cm³/mol. The van der Waals surface area contributed by atoms with Crippen molar-refractivity contribution in [3.05, 3.63) is 146 Å². The zero-order valence-electron chi connectivity index (χ0n) is 52.5. The molecule has 0 radical (unpaired) electrons. The molecule has 1 unspecified atom stereocenters. The van der Waals surface area contributed by atoms with Crippen molar-refractivity contribution < 1.29 is 28.6 Å². The van der Waals surface area contributed by atoms with Gasteiger partial charge in [0.15, 0.2) is 6.10 Å². The number of hydrogen-bond donors (Lipinski definition) is 0. The van der Waals surface area contributed by atoms with Crippen LogP contribution in [0.4, 0.5) is 0 Å². The van der Waals surface area contributed by atoms with Crippen molar-refractivity contribution in [2.45, 2.75) is 297 Å². The summed E-state index contributed by atoms with van der Waals surface area (Å²) in [6.45, 7) is 6.36. The summed E-state index contributed by atoms with van der Waals surface area (Å²) in [7, 11) is 0. The molecule has 0 amide bonds. The van der Waals surface area contributed by atoms with Crippen molar-refractivity contribution >= 4 is 17.9 Å². The predicted octanol–water partition coefficient (Wildman–Crippen LogP) is 23.1. The third kappa shape index (κ3) is 66.0. The lowest BCUT2D eigenvalue weighted by molar-refractivity contribution is -0.167. The molecule has 0 aromatic carbocycles. The molecule has 0 spiro atoms. The quantitative estimate of drug-likeness (QED) is 0.0261. The van der Waals surface area contributed by atoms with Gasteiger partial charge >= 0.3 is 17.9 Å². The summed E-state index contributed by atoms with van der Waals surface area (Å²) in [4.78, 5) is 38.4. The molecule has 0 bridgehead atoms. The van der Waals surface area contributed by atoms with E-state index in [9.17, 15) is 14.4 Å². The smallest absolute Gasteiger partial charge is 0.306 e. The molecule has 6 nitrogen and oxygen atoms in total. The van der Waals surface area contributed by atoms with Crippen LogP contribution in [-0.2, 0) is 28.6 Å². The van der Waals surface area contributed by atoms with Crippen LogP contribution in [0.1, 0.15) is 290 Å². The number of ether oxygens (including phenoxy) is 3. The Balaban J connectivity index is 4.42. The molecule has 0 rings (SSSR count). The summed E-state index contributed by atoms with van der Waals surface area (Å²) in [5, 5.41) is 0. The molecule has 6 heteroatoms. The first-order valence-electron chi connectivity index (χ1n) is 33.3. The minimum atomic E-state index is -0.805. The molecule has 0 aliphatic carbocycles. The van der Waals surface area contributed by atoms with Crippen LogP contribution in [0.5, 0.6) is 0 Å². The Morgan fingerprint density at radius 1 is 0.259 bits per heavy atom. The van der Waals surface area contributed by atoms with Crippen LogP contribution in [0.2, 0.25) is 0 Å². The van der Waals surface area contributed by atoms with Gasteiger partial charge in [-0.1, -0.05) is 276 Å². The maximum absolute atomic E-state index is 12.9. The topological polar surface area (TPSA) is 78.9 Å². The molecule has 0 aliphatic rings. The van der Waals surface area contributed by atoms with Crippen LogP contribution < -0.4 is 0 Å². The largest absolute Gasteiger partial charge is 0.462 e. The van der Waals surface area contributed by atoms with Crippen LogP contribution >= 0.6 is 0 Å². The van der Waals surface area contributed by atoms with E-state index in [1.807, 2.05) is 0 Å². The zero-order chi connectivity index (χ0) is 58.5. The summed E-state index contributed by atoms with van der Waals surface area (Å²) >= 11 is 0. The second kappa shape index (κ2) is 67.8. The Labute approximate surface area is 499 Å². The van der Waals surface area contributed by atoms with Crippen molar-refractivity contribution in [2.24, 2.45) is 0 Å². The minimum absolute atomic E-state index is 0.0974. The van der Waals surface area contributed by atoms with Crippen LogP contribution in [0.25, 0.3) is 0 Å². The van der Waals surface area contributed by atoms with E-state index in [0.717, 1.165) is 154 Å². The van der Waals surface area contributed by atoms with E-state index in [-0.39, 0.29) is 31.1 Å². The molecule has 0 fully saturated rings. The van der Waals surface area contributed by atoms with Gasteiger partial charge in [0, 0.05) is 19.3 Å². The minimum Gasteiger partial charge on any atom is -0.462 e. The van der Waals surface area contributed by atoms with Crippen LogP contribution in [0.15, 0.2) is 146 Å². The highest BCUT2D eigenvalue weighted by Crippen LogP contribution is 2.15. The first-order valence-corrected chi connectivity index (χ1v) is 33.3. The van der Waals surface area contributed by atoms with Gasteiger partial charge in [-0.25, -0.2) is 0 Å². The zero-order valence-corrected chi connectivity index (χ0v) is 52.5. The number of esters is 3. The van der Waals surface area contributed by atoms with E-state index in [1.165, 1.54) is 96.3 Å². The van der Waals surface area contributed by atoms with Crippen molar-refractivity contribution in [3.63, 3.8) is 0 Å². The molecule has 0 saturated heterocycles. The molecule has 0 aliphatic heterocycles. The Morgan fingerprint density at radius 3 is 0.753 bits per heavy atom. The molecular weight excluding hydrogens is 997 g/mol. The standard InChI is InChI=1S/C75H122O6/c1-4-7-10-13-16-19-22-25-28-31-33-34-35-36-37-38-39-40-42-44-47-50-53-56-59-62-65-68-74(77)80-71-72(70-79-73(76)67-64-61-58-55-52-49-46-43-30-27-24-21-18-15-12-9-6-3)81-75(78)69-66-63-60-57-54-51-48-45-41-32-29-26-23-20-17-14-11-8-5-2/h7,9-10,12,16-21,25-30,33-34,36-37,41,45-46,49,72H,4-6,8,11,13-15,22-24,31-32,35,38-40,42-44,47-48,50-71H2,1-3H3/b10-7-,12-9-,19-16-,20-17-,21-18-,28-25-,29-26-,30-27-,34-33-,37-36-,45-41-,49-46-. The monoisotopic (exact) mass is 1120 g/mol. The van der Waals surface area contributed by atoms with E-state index in [1.54, 1.807) is 0 Å². The maximum atomic E-state index is 12.9. The van der Waals surface area contributed by atoms with Gasteiger partial charge in [-0.3, -0.25) is 14.4 Å². The van der Waals surface area contributed by atoms with Gasteiger partial charge in [-0.15, -0.1) is 0 Å². The Kier molecular flexibility index (Phi) is 63.9. The molecule has 0 N–H and O–H groups in total. The first kappa shape index (κ1) is 76.3. The molecule has 0 aromatic heterocycles. The lowest BCUT2D eigenvalue weighted by atomic mass is 10.0. The number of carbonyl (C=O) groups excluding carboxylic acids is 3. The van der Waals surface area contributed by atoms with Gasteiger partial charge < -0.3 is 14.2 Å². The maximum Gasteiger partial charge on any atom is 0.306 e. The lowest BCUT2D eigenvalue weighted by Gasteiger charge is -2.18. The van der Waals surface area contributed by atoms with E-state index in [2.05, 4.69) is 167 Å². The number of rotatable bonds is 59. The lowest BCUT2D eigenvalue weighted by Crippen LogP contribution is -2.30. The number of unbranched alkanes of at least 4 members (excludes halogenated alkanes) is 24. The molecule has 0 aromatic rings. The third-order valence-electron chi connectivity index (χ3n) is 13.8. The number of hydrogen-bond acceptors (Lipinski definition) is 6. The van der Waals surface area contributed by atoms with Crippen LogP contribution in [0, 0.1) is 0 Å². The van der Waals surface area contributed by atoms with Gasteiger partial charge in [0.05, 0.1) is 0 Å². The highest BCUT2D eigenvalue weighted by atomic mass is 16.6. The number of carbonyl (C=O) groups is 3. The number of allylic oxidation sites excluding steroid dienone is 24. The molecular formula is C75H122O6. The van der Waals surface area contributed by atoms with E-state index in [4.69, 9.17) is 14.2 Å². The normalized spacial score (nSPS) is 13.1. The second-order valence-corrected chi connectivity index (χ2v) is 21.6. The summed E-state index contributed by atoms with van der Waals surface area (Å²) in [6.07, 6.45) is 97.1. The van der Waals surface area contributed by atoms with Gasteiger partial charge in [-0.2, -0.15) is 0 Å². The highest BCUT2D eigenvalue weighted by Gasteiger charge is 2.19. The van der Waals surface area contributed by atoms with Crippen molar-refractivity contribution in [2.75, 3.05) is 13.2 Å². The fourth-order valence-electron chi connectivity index (χ4n) is 8.88. The van der Waals surface area contributed by atoms with Crippen molar-refractivity contribution in [1.82, 2.24) is 0 Å². The Bertz CT molecular complexity index is 1760. The summed E-state index contributed by atoms with van der Waals surface area (Å²) in [6, 6.07) is 0. The molecule has 1 atom stereocenters. The molecule has 81 heavy (non-hydrogen) atoms. The van der Waals surface area contributed by atoms with Crippen molar-refractivity contribution in [3.8, 4) is 0 Å². The summed E-state index contributed by atoms with van der Waals surface area (Å²) in [5.41, 5.74) is 0. The summed E-state index contributed by atoms with van der Waals surface area (Å²) < 4.78 is 16.9. The average molecular weight is 1120 g/mol. The van der Waals surface area contributed by atoms with Gasteiger partial charge in [-0.05, 0) is 141 Å². The average Bonchev–Trinajstić information content (AvgIpc) is 3.47. The van der Waals surface area contributed by atoms with E-state index < -0.39 is 6.10 Å². The van der Waals surface area contributed by atoms with Crippen LogP contribution in [-0.4, -0.2) is 37.2 Å². The van der Waals surface area contributed by atoms with E-state index >= 15 is 0 Å². The first-order chi connectivity index (χ1) is 40.0. The molecule has 0 heterocycles. The van der Waals surface area contributed by atoms with Gasteiger partial charge in [0.25, 0.3) is 0 Å². The van der Waals surface area contributed by atoms with Gasteiger partial charge in [0.2, 0.25) is 0 Å². The SMILES string of the molecule is CC/C=C\C/C=C\C/C=C\C/C=C\C/C=C\CCCCCCCCCCCCCC(=O)OCC(COC(=O)CCCCCC/C=C\C/C=C\C/C=C\C/C=C\CC)OC(=O)CCCCCCCC/C=C\C/C=C\C/C=C\CCCCC. The second-order valence-electron chi connectivity index (χ2n) is 21.6. The van der Waals surface area contributed by atoms with Crippen LogP contribution in [0.3, 0.4) is 0 Å². The van der Waals surface area contributed by atoms with E-state index in [0.29, 0.717) is 19.3 Å². The van der Waals surface area contributed by atoms with Crippen molar-refractivity contribution in [1.29, 1.82) is 0 Å². The molecule has 0 saturated carbocycles. The Morgan fingerprint density at radius 2 is 0.481 bits per heavy atom. The third-order valence-corrected chi connectivity index (χ3v) is 13.8. The Hall–Kier alpha value is -4.71. The fourth-order valence-corrected chi connectivity index (χ4v) is 8.88. The highest BCUT2D eigenvalue weighted by molar-refractivity contribution is 5.71. The summed E-state index contributed by atoms with van der Waals surface area (Å²) in [5.74, 6) is -0.935. The fraction of sp³-hybridized carbons (Fsp3) is 0.640.